The number of pyridine rings is 1. The molecule has 41 heavy (non-hydrogen) atoms. The van der Waals surface area contributed by atoms with Crippen molar-refractivity contribution < 1.29 is 23.5 Å². The number of fused-ring (bicyclic) bond motifs is 2. The molecule has 1 aliphatic heterocycles. The van der Waals surface area contributed by atoms with Gasteiger partial charge in [-0.05, 0) is 80.0 Å². The first-order valence-corrected chi connectivity index (χ1v) is 14.3. The van der Waals surface area contributed by atoms with Crippen molar-refractivity contribution in [2.75, 3.05) is 20.3 Å². The summed E-state index contributed by atoms with van der Waals surface area (Å²) in [5, 5.41) is 4.74. The van der Waals surface area contributed by atoms with Crippen LogP contribution < -0.4 is 4.74 Å². The quantitative estimate of drug-likeness (QED) is 0.256. The summed E-state index contributed by atoms with van der Waals surface area (Å²) >= 11 is 0. The molecule has 0 N–H and O–H groups in total. The lowest BCUT2D eigenvalue weighted by Crippen LogP contribution is -2.39. The molecule has 0 bridgehead atoms. The van der Waals surface area contributed by atoms with Crippen molar-refractivity contribution in [2.24, 2.45) is 5.92 Å². The van der Waals surface area contributed by atoms with Gasteiger partial charge in [-0.25, -0.2) is 8.91 Å². The van der Waals surface area contributed by atoms with Gasteiger partial charge in [0.1, 0.15) is 11.3 Å². The van der Waals surface area contributed by atoms with E-state index in [4.69, 9.17) is 14.6 Å². The van der Waals surface area contributed by atoms with Crippen molar-refractivity contribution in [2.45, 2.75) is 52.0 Å². The maximum atomic E-state index is 15.5. The van der Waals surface area contributed by atoms with Gasteiger partial charge in [0.15, 0.2) is 5.75 Å². The Balaban J connectivity index is 1.35. The lowest BCUT2D eigenvalue weighted by atomic mass is 9.93. The van der Waals surface area contributed by atoms with Crippen LogP contribution in [0, 0.1) is 11.7 Å². The fourth-order valence-corrected chi connectivity index (χ4v) is 6.20. The average Bonchev–Trinajstić information content (AvgIpc) is 3.67. The van der Waals surface area contributed by atoms with E-state index in [1.807, 2.05) is 36.1 Å². The smallest absolute Gasteiger partial charge is 0.309 e. The standard InChI is InChI=1S/C33H34FN3O4/c1-5-22-16-27(32(38)36-14-13-20-9-7-8-10-23(20)19(36)3)31(40-4)30-18-29(35-37(22)30)24-12-11-21(15-28(24)34)25-17-26(25)33(39)41-6-2/h7-12,15-16,18-19,25-26H,5-6,13-14,17H2,1-4H3/t19-,25?,26-/m1/s1. The number of benzene rings is 2. The first-order valence-electron chi connectivity index (χ1n) is 14.3. The maximum Gasteiger partial charge on any atom is 0.309 e. The maximum absolute atomic E-state index is 15.5. The first kappa shape index (κ1) is 27.0. The molecule has 1 unspecified atom stereocenters. The van der Waals surface area contributed by atoms with Gasteiger partial charge >= 0.3 is 5.97 Å². The van der Waals surface area contributed by atoms with Gasteiger partial charge < -0.3 is 14.4 Å². The van der Waals surface area contributed by atoms with Crippen LogP contribution in [0.4, 0.5) is 4.39 Å². The van der Waals surface area contributed by atoms with E-state index >= 15 is 4.39 Å². The van der Waals surface area contributed by atoms with Crippen molar-refractivity contribution in [3.05, 3.63) is 88.4 Å². The van der Waals surface area contributed by atoms with E-state index in [0.717, 1.165) is 23.2 Å². The number of esters is 1. The molecule has 1 amide bonds. The highest BCUT2D eigenvalue weighted by atomic mass is 19.1. The number of amides is 1. The predicted octanol–water partition coefficient (Wildman–Crippen LogP) is 6.14. The van der Waals surface area contributed by atoms with Gasteiger partial charge in [0.2, 0.25) is 0 Å². The highest BCUT2D eigenvalue weighted by Gasteiger charge is 2.45. The van der Waals surface area contributed by atoms with Crippen LogP contribution >= 0.6 is 0 Å². The van der Waals surface area contributed by atoms with E-state index < -0.39 is 5.82 Å². The van der Waals surface area contributed by atoms with Crippen LogP contribution in [0.1, 0.15) is 71.9 Å². The summed E-state index contributed by atoms with van der Waals surface area (Å²) in [5.41, 5.74) is 5.93. The Kier molecular flexibility index (Phi) is 7.01. The molecular formula is C33H34FN3O4. The minimum absolute atomic E-state index is 0.0248. The largest absolute Gasteiger partial charge is 0.494 e. The zero-order valence-corrected chi connectivity index (χ0v) is 23.8. The third-order valence-electron chi connectivity index (χ3n) is 8.50. The van der Waals surface area contributed by atoms with Crippen LogP contribution in [-0.4, -0.2) is 46.7 Å². The Labute approximate surface area is 238 Å². The van der Waals surface area contributed by atoms with Crippen LogP contribution in [-0.2, 0) is 22.4 Å². The number of carbonyl (C=O) groups excluding carboxylic acids is 2. The lowest BCUT2D eigenvalue weighted by Gasteiger charge is -2.35. The van der Waals surface area contributed by atoms with Gasteiger partial charge in [-0.3, -0.25) is 9.59 Å². The fourth-order valence-electron chi connectivity index (χ4n) is 6.20. The summed E-state index contributed by atoms with van der Waals surface area (Å²) in [6, 6.07) is 16.9. The summed E-state index contributed by atoms with van der Waals surface area (Å²) in [4.78, 5) is 27.9. The van der Waals surface area contributed by atoms with E-state index in [-0.39, 0.29) is 29.8 Å². The zero-order chi connectivity index (χ0) is 28.8. The van der Waals surface area contributed by atoms with Crippen LogP contribution in [0.5, 0.6) is 5.75 Å². The number of rotatable bonds is 7. The summed E-state index contributed by atoms with van der Waals surface area (Å²) in [6.07, 6.45) is 2.09. The number of hydrogen-bond acceptors (Lipinski definition) is 5. The number of halogens is 1. The minimum atomic E-state index is -0.408. The van der Waals surface area contributed by atoms with Crippen molar-refractivity contribution in [1.82, 2.24) is 14.5 Å². The Morgan fingerprint density at radius 3 is 2.63 bits per heavy atom. The molecule has 2 aliphatic rings. The molecule has 212 valence electrons. The highest BCUT2D eigenvalue weighted by molar-refractivity contribution is 6.00. The predicted molar refractivity (Wildman–Crippen MR) is 154 cm³/mol. The lowest BCUT2D eigenvalue weighted by molar-refractivity contribution is -0.144. The van der Waals surface area contributed by atoms with Crippen LogP contribution in [0.15, 0.2) is 54.6 Å². The van der Waals surface area contributed by atoms with E-state index in [0.29, 0.717) is 54.1 Å². The molecule has 2 aromatic carbocycles. The molecule has 0 saturated heterocycles. The minimum Gasteiger partial charge on any atom is -0.494 e. The van der Waals surface area contributed by atoms with E-state index in [1.54, 1.807) is 30.7 Å². The molecule has 2 aromatic heterocycles. The van der Waals surface area contributed by atoms with Gasteiger partial charge in [0.05, 0.1) is 36.9 Å². The molecule has 8 heteroatoms. The molecule has 6 rings (SSSR count). The zero-order valence-electron chi connectivity index (χ0n) is 23.8. The van der Waals surface area contributed by atoms with Crippen molar-refractivity contribution in [3.63, 3.8) is 0 Å². The van der Waals surface area contributed by atoms with E-state index in [1.165, 1.54) is 11.6 Å². The van der Waals surface area contributed by atoms with E-state index in [2.05, 4.69) is 19.1 Å². The summed E-state index contributed by atoms with van der Waals surface area (Å²) in [6.45, 7) is 6.80. The second-order valence-electron chi connectivity index (χ2n) is 10.8. The molecule has 1 aliphatic carbocycles. The highest BCUT2D eigenvalue weighted by Crippen LogP contribution is 2.48. The molecular weight excluding hydrogens is 521 g/mol. The van der Waals surface area contributed by atoms with Crippen molar-refractivity contribution >= 4 is 17.4 Å². The molecule has 0 radical (unpaired) electrons. The molecule has 1 fully saturated rings. The van der Waals surface area contributed by atoms with Gasteiger partial charge in [0, 0.05) is 17.8 Å². The summed E-state index contributed by atoms with van der Waals surface area (Å²) in [5.74, 6) is -0.546. The van der Waals surface area contributed by atoms with Gasteiger partial charge in [0.25, 0.3) is 5.91 Å². The Morgan fingerprint density at radius 1 is 1.10 bits per heavy atom. The SMILES string of the molecule is CCOC(=O)[C@@H]1CC1c1ccc(-c2cc3c(OC)c(C(=O)N4CCc5ccccc5[C@H]4C)cc(CC)n3n2)c(F)c1. The number of methoxy groups -OCH3 is 1. The fraction of sp³-hybridized carbons (Fsp3) is 0.364. The number of carbonyl (C=O) groups is 2. The van der Waals surface area contributed by atoms with Crippen molar-refractivity contribution in [1.29, 1.82) is 0 Å². The summed E-state index contributed by atoms with van der Waals surface area (Å²) < 4.78 is 28.1. The number of nitrogens with zero attached hydrogens (tertiary/aromatic N) is 3. The summed E-state index contributed by atoms with van der Waals surface area (Å²) in [7, 11) is 1.55. The first-order chi connectivity index (χ1) is 19.9. The Hall–Kier alpha value is -4.20. The van der Waals surface area contributed by atoms with Gasteiger partial charge in [-0.1, -0.05) is 37.3 Å². The number of aryl methyl sites for hydroxylation is 1. The molecule has 3 heterocycles. The second-order valence-corrected chi connectivity index (χ2v) is 10.8. The van der Waals surface area contributed by atoms with Crippen LogP contribution in [0.3, 0.4) is 0 Å². The molecule has 4 aromatic rings. The third kappa shape index (κ3) is 4.65. The van der Waals surface area contributed by atoms with Crippen LogP contribution in [0.25, 0.3) is 16.8 Å². The molecule has 7 nitrogen and oxygen atoms in total. The van der Waals surface area contributed by atoms with Crippen molar-refractivity contribution in [3.8, 4) is 17.0 Å². The number of aromatic nitrogens is 2. The normalized spacial score (nSPS) is 19.6. The molecule has 0 spiro atoms. The third-order valence-corrected chi connectivity index (χ3v) is 8.50. The van der Waals surface area contributed by atoms with E-state index in [9.17, 15) is 9.59 Å². The van der Waals surface area contributed by atoms with Gasteiger partial charge in [-0.2, -0.15) is 5.10 Å². The second kappa shape index (κ2) is 10.7. The van der Waals surface area contributed by atoms with Gasteiger partial charge in [-0.15, -0.1) is 0 Å². The Bertz CT molecular complexity index is 1660. The topological polar surface area (TPSA) is 73.1 Å². The number of ether oxygens (including phenoxy) is 2. The average molecular weight is 556 g/mol. The Morgan fingerprint density at radius 2 is 1.90 bits per heavy atom. The monoisotopic (exact) mass is 555 g/mol. The molecule has 1 saturated carbocycles. The molecule has 3 atom stereocenters. The number of hydrogen-bond donors (Lipinski definition) is 0. The van der Waals surface area contributed by atoms with Crippen LogP contribution in [0.2, 0.25) is 0 Å².